The van der Waals surface area contributed by atoms with Crippen molar-refractivity contribution < 1.29 is 4.39 Å². The minimum absolute atomic E-state index is 0.162. The molecule has 0 heterocycles. The number of nitrogens with one attached hydrogen (secondary N) is 1. The molecular formula is C11H16BrFN2. The molecule has 2 nitrogen and oxygen atoms in total. The van der Waals surface area contributed by atoms with Crippen LogP contribution in [0, 0.1) is 5.82 Å². The monoisotopic (exact) mass is 274 g/mol. The molecular weight excluding hydrogens is 259 g/mol. The summed E-state index contributed by atoms with van der Waals surface area (Å²) in [7, 11) is 0. The quantitative estimate of drug-likeness (QED) is 0.869. The number of hydrogen-bond donors (Lipinski definition) is 2. The Kier molecular flexibility index (Phi) is 3.73. The molecule has 0 spiro atoms. The van der Waals surface area contributed by atoms with Gasteiger partial charge in [0.25, 0.3) is 0 Å². The number of nitrogens with two attached hydrogens (primary N) is 1. The van der Waals surface area contributed by atoms with Crippen LogP contribution in [0.3, 0.4) is 0 Å². The van der Waals surface area contributed by atoms with Crippen molar-refractivity contribution in [2.24, 2.45) is 5.73 Å². The predicted octanol–water partition coefficient (Wildman–Crippen LogP) is 3.26. The second-order valence-electron chi connectivity index (χ2n) is 4.48. The summed E-state index contributed by atoms with van der Waals surface area (Å²) < 4.78 is 14.3. The molecule has 0 unspecified atom stereocenters. The molecule has 4 heteroatoms. The van der Waals surface area contributed by atoms with E-state index >= 15 is 0 Å². The highest BCUT2D eigenvalue weighted by molar-refractivity contribution is 9.10. The van der Waals surface area contributed by atoms with Gasteiger partial charge in [-0.3, -0.25) is 0 Å². The van der Waals surface area contributed by atoms with Crippen molar-refractivity contribution in [3.05, 3.63) is 28.0 Å². The summed E-state index contributed by atoms with van der Waals surface area (Å²) in [6.07, 6.45) is 0. The molecule has 1 aromatic rings. The van der Waals surface area contributed by atoms with E-state index in [1.54, 1.807) is 6.07 Å². The van der Waals surface area contributed by atoms with Crippen molar-refractivity contribution in [3.8, 4) is 0 Å². The van der Waals surface area contributed by atoms with E-state index in [9.17, 15) is 4.39 Å². The maximum Gasteiger partial charge on any atom is 0.160 e. The standard InChI is InChI=1S/C11H16BrFN2/c1-11(2,3)15-8-5-4-7(6-14)9(12)10(8)13/h4-5,15H,6,14H2,1-3H3. The molecule has 0 aliphatic heterocycles. The Morgan fingerprint density at radius 3 is 2.47 bits per heavy atom. The first kappa shape index (κ1) is 12.5. The summed E-state index contributed by atoms with van der Waals surface area (Å²) in [5, 5.41) is 3.10. The Morgan fingerprint density at radius 2 is 2.00 bits per heavy atom. The predicted molar refractivity (Wildman–Crippen MR) is 65.4 cm³/mol. The summed E-state index contributed by atoms with van der Waals surface area (Å²) in [6.45, 7) is 6.28. The van der Waals surface area contributed by atoms with E-state index in [1.807, 2.05) is 26.8 Å². The molecule has 0 aromatic heterocycles. The lowest BCUT2D eigenvalue weighted by atomic mass is 10.1. The average Bonchev–Trinajstić information content (AvgIpc) is 2.11. The Hall–Kier alpha value is -0.610. The molecule has 1 aromatic carbocycles. The molecule has 0 aliphatic rings. The molecule has 0 aliphatic carbocycles. The van der Waals surface area contributed by atoms with Gasteiger partial charge >= 0.3 is 0 Å². The molecule has 0 saturated heterocycles. The smallest absolute Gasteiger partial charge is 0.160 e. The van der Waals surface area contributed by atoms with Gasteiger partial charge in [0.05, 0.1) is 10.2 Å². The zero-order valence-electron chi connectivity index (χ0n) is 9.20. The van der Waals surface area contributed by atoms with E-state index < -0.39 is 0 Å². The first-order chi connectivity index (χ1) is 6.85. The van der Waals surface area contributed by atoms with Gasteiger partial charge in [-0.15, -0.1) is 0 Å². The first-order valence-electron chi connectivity index (χ1n) is 4.80. The van der Waals surface area contributed by atoms with Crippen molar-refractivity contribution >= 4 is 21.6 Å². The van der Waals surface area contributed by atoms with Crippen molar-refractivity contribution in [2.45, 2.75) is 32.9 Å². The van der Waals surface area contributed by atoms with E-state index in [4.69, 9.17) is 5.73 Å². The third-order valence-corrected chi connectivity index (χ3v) is 2.75. The number of hydrogen-bond acceptors (Lipinski definition) is 2. The van der Waals surface area contributed by atoms with Crippen molar-refractivity contribution in [1.29, 1.82) is 0 Å². The molecule has 15 heavy (non-hydrogen) atoms. The van der Waals surface area contributed by atoms with Crippen LogP contribution in [-0.4, -0.2) is 5.54 Å². The lowest BCUT2D eigenvalue weighted by Crippen LogP contribution is -2.26. The van der Waals surface area contributed by atoms with E-state index in [0.717, 1.165) is 5.56 Å². The van der Waals surface area contributed by atoms with Crippen LogP contribution in [0.1, 0.15) is 26.3 Å². The minimum atomic E-state index is -0.284. The van der Waals surface area contributed by atoms with Crippen LogP contribution in [0.5, 0.6) is 0 Å². The van der Waals surface area contributed by atoms with Gasteiger partial charge in [0.2, 0.25) is 0 Å². The molecule has 0 saturated carbocycles. The SMILES string of the molecule is CC(C)(C)Nc1ccc(CN)c(Br)c1F. The second-order valence-corrected chi connectivity index (χ2v) is 5.27. The Bertz CT molecular complexity index is 358. The Labute approximate surface area is 98.2 Å². The van der Waals surface area contributed by atoms with Gasteiger partial charge < -0.3 is 11.1 Å². The molecule has 84 valence electrons. The largest absolute Gasteiger partial charge is 0.378 e. The normalized spacial score (nSPS) is 11.6. The van der Waals surface area contributed by atoms with Crippen LogP contribution in [-0.2, 0) is 6.54 Å². The van der Waals surface area contributed by atoms with E-state index in [0.29, 0.717) is 16.7 Å². The Morgan fingerprint density at radius 1 is 1.40 bits per heavy atom. The Balaban J connectivity index is 3.07. The van der Waals surface area contributed by atoms with Crippen molar-refractivity contribution in [2.75, 3.05) is 5.32 Å². The number of halogens is 2. The van der Waals surface area contributed by atoms with Gasteiger partial charge in [-0.05, 0) is 48.3 Å². The van der Waals surface area contributed by atoms with Gasteiger partial charge in [-0.1, -0.05) is 6.07 Å². The fourth-order valence-electron chi connectivity index (χ4n) is 1.25. The van der Waals surface area contributed by atoms with E-state index in [2.05, 4.69) is 21.2 Å². The van der Waals surface area contributed by atoms with Gasteiger partial charge in [-0.25, -0.2) is 4.39 Å². The highest BCUT2D eigenvalue weighted by Crippen LogP contribution is 2.28. The summed E-state index contributed by atoms with van der Waals surface area (Å²) in [6, 6.07) is 3.54. The third-order valence-electron chi connectivity index (χ3n) is 1.89. The number of benzene rings is 1. The van der Waals surface area contributed by atoms with Gasteiger partial charge in [0.15, 0.2) is 5.82 Å². The first-order valence-corrected chi connectivity index (χ1v) is 5.59. The molecule has 0 radical (unpaired) electrons. The van der Waals surface area contributed by atoms with Crippen molar-refractivity contribution in [1.82, 2.24) is 0 Å². The molecule has 1 rings (SSSR count). The van der Waals surface area contributed by atoms with E-state index in [1.165, 1.54) is 0 Å². The van der Waals surface area contributed by atoms with Crippen molar-refractivity contribution in [3.63, 3.8) is 0 Å². The maximum atomic E-state index is 13.8. The van der Waals surface area contributed by atoms with Crippen LogP contribution in [0.15, 0.2) is 16.6 Å². The van der Waals surface area contributed by atoms with Crippen LogP contribution < -0.4 is 11.1 Å². The van der Waals surface area contributed by atoms with Crippen LogP contribution in [0.2, 0.25) is 0 Å². The third kappa shape index (κ3) is 3.18. The lowest BCUT2D eigenvalue weighted by molar-refractivity contribution is 0.593. The van der Waals surface area contributed by atoms with Gasteiger partial charge in [0.1, 0.15) is 0 Å². The molecule has 0 atom stereocenters. The fourth-order valence-corrected chi connectivity index (χ4v) is 1.76. The van der Waals surface area contributed by atoms with Crippen LogP contribution >= 0.6 is 15.9 Å². The average molecular weight is 275 g/mol. The summed E-state index contributed by atoms with van der Waals surface area (Å²) in [4.78, 5) is 0. The highest BCUT2D eigenvalue weighted by Gasteiger charge is 2.15. The fraction of sp³-hybridized carbons (Fsp3) is 0.455. The maximum absolute atomic E-state index is 13.8. The topological polar surface area (TPSA) is 38.0 Å². The zero-order chi connectivity index (χ0) is 11.6. The van der Waals surface area contributed by atoms with Crippen LogP contribution in [0.25, 0.3) is 0 Å². The highest BCUT2D eigenvalue weighted by atomic mass is 79.9. The number of rotatable bonds is 2. The zero-order valence-corrected chi connectivity index (χ0v) is 10.8. The second kappa shape index (κ2) is 4.49. The molecule has 0 amide bonds. The summed E-state index contributed by atoms with van der Waals surface area (Å²) in [5.74, 6) is -0.284. The molecule has 0 bridgehead atoms. The van der Waals surface area contributed by atoms with E-state index in [-0.39, 0.29) is 11.4 Å². The molecule has 0 fully saturated rings. The lowest BCUT2D eigenvalue weighted by Gasteiger charge is -2.23. The number of anilines is 1. The molecule has 3 N–H and O–H groups in total. The minimum Gasteiger partial charge on any atom is -0.378 e. The van der Waals surface area contributed by atoms with Crippen LogP contribution in [0.4, 0.5) is 10.1 Å². The van der Waals surface area contributed by atoms with Gasteiger partial charge in [0, 0.05) is 12.1 Å². The van der Waals surface area contributed by atoms with Gasteiger partial charge in [-0.2, -0.15) is 0 Å². The summed E-state index contributed by atoms with van der Waals surface area (Å²) in [5.41, 5.74) is 6.58. The summed E-state index contributed by atoms with van der Waals surface area (Å²) >= 11 is 3.20.